The van der Waals surface area contributed by atoms with Gasteiger partial charge in [0.05, 0.1) is 0 Å². The number of aromatic nitrogens is 2. The fourth-order valence-corrected chi connectivity index (χ4v) is 0.839. The summed E-state index contributed by atoms with van der Waals surface area (Å²) in [7, 11) is 0. The summed E-state index contributed by atoms with van der Waals surface area (Å²) in [6.45, 7) is 5.48. The normalized spacial score (nSPS) is 10.8. The minimum atomic E-state index is 0.300. The molecule has 74 valence electrons. The Labute approximate surface area is 77.7 Å². The Morgan fingerprint density at radius 1 is 1.54 bits per heavy atom. The molecule has 0 aliphatic heterocycles. The Morgan fingerprint density at radius 2 is 2.31 bits per heavy atom. The van der Waals surface area contributed by atoms with Crippen molar-refractivity contribution in [2.24, 2.45) is 5.73 Å². The van der Waals surface area contributed by atoms with Gasteiger partial charge in [0.15, 0.2) is 5.82 Å². The topological polar surface area (TPSA) is 77.0 Å². The fraction of sp³-hybridized carbons (Fsp3) is 0.750. The van der Waals surface area contributed by atoms with Gasteiger partial charge in [0.1, 0.15) is 0 Å². The summed E-state index contributed by atoms with van der Waals surface area (Å²) in [6.07, 6.45) is 0.902. The molecule has 13 heavy (non-hydrogen) atoms. The summed E-state index contributed by atoms with van der Waals surface area (Å²) in [5, 5.41) is 6.82. The lowest BCUT2D eigenvalue weighted by Gasteiger charge is -1.97. The van der Waals surface area contributed by atoms with Crippen LogP contribution in [-0.2, 0) is 0 Å². The van der Waals surface area contributed by atoms with E-state index in [1.165, 1.54) is 0 Å². The van der Waals surface area contributed by atoms with Gasteiger partial charge in [-0.05, 0) is 13.0 Å². The van der Waals surface area contributed by atoms with Crippen LogP contribution in [-0.4, -0.2) is 23.2 Å². The van der Waals surface area contributed by atoms with Gasteiger partial charge >= 0.3 is 6.01 Å². The van der Waals surface area contributed by atoms with Gasteiger partial charge in [-0.2, -0.15) is 4.98 Å². The van der Waals surface area contributed by atoms with Crippen molar-refractivity contribution in [3.8, 4) is 0 Å². The summed E-state index contributed by atoms with van der Waals surface area (Å²) in [5.41, 5.74) is 5.34. The predicted octanol–water partition coefficient (Wildman–Crippen LogP) is 0.954. The molecule has 0 atom stereocenters. The number of nitrogens with zero attached hydrogens (tertiary/aromatic N) is 2. The van der Waals surface area contributed by atoms with Gasteiger partial charge in [0, 0.05) is 12.5 Å². The van der Waals surface area contributed by atoms with Crippen LogP contribution in [0.15, 0.2) is 4.52 Å². The van der Waals surface area contributed by atoms with E-state index < -0.39 is 0 Å². The maximum absolute atomic E-state index is 5.34. The van der Waals surface area contributed by atoms with E-state index in [-0.39, 0.29) is 0 Å². The molecule has 0 bridgehead atoms. The largest absolute Gasteiger partial charge is 0.338 e. The van der Waals surface area contributed by atoms with E-state index in [4.69, 9.17) is 10.3 Å². The summed E-state index contributed by atoms with van der Waals surface area (Å²) in [4.78, 5) is 4.15. The van der Waals surface area contributed by atoms with Crippen LogP contribution in [0.4, 0.5) is 6.01 Å². The molecule has 1 rings (SSSR count). The standard InChI is InChI=1S/C8H16N4O/c1-6(2)7-11-8(13-12-7)10-5-3-4-9/h6H,3-5,9H2,1-2H3,(H,10,11,12). The molecule has 0 aliphatic rings. The molecule has 0 aliphatic carbocycles. The highest BCUT2D eigenvalue weighted by molar-refractivity contribution is 5.18. The van der Waals surface area contributed by atoms with E-state index in [1.807, 2.05) is 13.8 Å². The predicted molar refractivity (Wildman–Crippen MR) is 50.5 cm³/mol. The average Bonchev–Trinajstić information content (AvgIpc) is 2.53. The number of rotatable bonds is 5. The Bertz CT molecular complexity index is 246. The molecule has 5 nitrogen and oxygen atoms in total. The second kappa shape index (κ2) is 4.81. The summed E-state index contributed by atoms with van der Waals surface area (Å²) in [6, 6.07) is 0.483. The van der Waals surface area contributed by atoms with E-state index in [9.17, 15) is 0 Å². The lowest BCUT2D eigenvalue weighted by Crippen LogP contribution is -2.08. The number of nitrogens with two attached hydrogens (primary N) is 1. The molecule has 5 heteroatoms. The van der Waals surface area contributed by atoms with Crippen molar-refractivity contribution >= 4 is 6.01 Å². The molecule has 0 saturated heterocycles. The Balaban J connectivity index is 2.40. The van der Waals surface area contributed by atoms with Crippen LogP contribution in [0.2, 0.25) is 0 Å². The van der Waals surface area contributed by atoms with Crippen molar-refractivity contribution < 1.29 is 4.52 Å². The SMILES string of the molecule is CC(C)c1noc(NCCCN)n1. The molecule has 1 aromatic rings. The van der Waals surface area contributed by atoms with Crippen LogP contribution < -0.4 is 11.1 Å². The first-order valence-electron chi connectivity index (χ1n) is 4.51. The highest BCUT2D eigenvalue weighted by Crippen LogP contribution is 2.11. The Kier molecular flexibility index (Phi) is 3.70. The van der Waals surface area contributed by atoms with Crippen molar-refractivity contribution in [2.75, 3.05) is 18.4 Å². The third-order valence-electron chi connectivity index (χ3n) is 1.62. The lowest BCUT2D eigenvalue weighted by molar-refractivity contribution is 0.419. The zero-order valence-electron chi connectivity index (χ0n) is 8.08. The second-order valence-corrected chi connectivity index (χ2v) is 3.18. The molecule has 0 aromatic carbocycles. The fourth-order valence-electron chi connectivity index (χ4n) is 0.839. The lowest BCUT2D eigenvalue weighted by atomic mass is 10.2. The molecule has 0 saturated carbocycles. The van der Waals surface area contributed by atoms with Crippen molar-refractivity contribution in [1.82, 2.24) is 10.1 Å². The maximum atomic E-state index is 5.34. The van der Waals surface area contributed by atoms with Gasteiger partial charge in [-0.15, -0.1) is 0 Å². The quantitative estimate of drug-likeness (QED) is 0.666. The highest BCUT2D eigenvalue weighted by atomic mass is 16.5. The minimum Gasteiger partial charge on any atom is -0.338 e. The highest BCUT2D eigenvalue weighted by Gasteiger charge is 2.07. The van der Waals surface area contributed by atoms with E-state index in [0.717, 1.165) is 18.8 Å². The molecule has 0 spiro atoms. The van der Waals surface area contributed by atoms with Crippen LogP contribution in [0.1, 0.15) is 32.0 Å². The molecular weight excluding hydrogens is 168 g/mol. The number of hydrogen-bond donors (Lipinski definition) is 2. The van der Waals surface area contributed by atoms with Crippen LogP contribution >= 0.6 is 0 Å². The maximum Gasteiger partial charge on any atom is 0.321 e. The zero-order chi connectivity index (χ0) is 9.68. The van der Waals surface area contributed by atoms with Crippen LogP contribution in [0.5, 0.6) is 0 Å². The number of anilines is 1. The summed E-state index contributed by atoms with van der Waals surface area (Å²) in [5.74, 6) is 1.03. The monoisotopic (exact) mass is 184 g/mol. The van der Waals surface area contributed by atoms with Crippen LogP contribution in [0.3, 0.4) is 0 Å². The smallest absolute Gasteiger partial charge is 0.321 e. The van der Waals surface area contributed by atoms with Crippen molar-refractivity contribution in [3.05, 3.63) is 5.82 Å². The molecule has 0 radical (unpaired) electrons. The van der Waals surface area contributed by atoms with Crippen LogP contribution in [0, 0.1) is 0 Å². The summed E-state index contributed by atoms with van der Waals surface area (Å²) < 4.78 is 4.96. The van der Waals surface area contributed by atoms with Crippen molar-refractivity contribution in [3.63, 3.8) is 0 Å². The van der Waals surface area contributed by atoms with Gasteiger partial charge < -0.3 is 15.6 Å². The third kappa shape index (κ3) is 3.02. The molecular formula is C8H16N4O. The van der Waals surface area contributed by atoms with E-state index in [1.54, 1.807) is 0 Å². The van der Waals surface area contributed by atoms with Gasteiger partial charge in [0.25, 0.3) is 0 Å². The Morgan fingerprint density at radius 3 is 2.85 bits per heavy atom. The molecule has 0 unspecified atom stereocenters. The minimum absolute atomic E-state index is 0.300. The summed E-state index contributed by atoms with van der Waals surface area (Å²) >= 11 is 0. The van der Waals surface area contributed by atoms with E-state index in [0.29, 0.717) is 18.5 Å². The Hall–Kier alpha value is -1.10. The molecule has 0 fully saturated rings. The second-order valence-electron chi connectivity index (χ2n) is 3.18. The first-order chi connectivity index (χ1) is 6.24. The van der Waals surface area contributed by atoms with E-state index >= 15 is 0 Å². The van der Waals surface area contributed by atoms with Gasteiger partial charge in [-0.1, -0.05) is 19.0 Å². The van der Waals surface area contributed by atoms with Crippen molar-refractivity contribution in [1.29, 1.82) is 0 Å². The zero-order valence-corrected chi connectivity index (χ0v) is 8.08. The number of nitrogens with one attached hydrogen (secondary N) is 1. The van der Waals surface area contributed by atoms with Crippen LogP contribution in [0.25, 0.3) is 0 Å². The van der Waals surface area contributed by atoms with Gasteiger partial charge in [-0.3, -0.25) is 0 Å². The molecule has 0 amide bonds. The molecule has 1 heterocycles. The first-order valence-corrected chi connectivity index (χ1v) is 4.51. The van der Waals surface area contributed by atoms with Gasteiger partial charge in [0.2, 0.25) is 0 Å². The molecule has 3 N–H and O–H groups in total. The number of hydrogen-bond acceptors (Lipinski definition) is 5. The molecule has 1 aromatic heterocycles. The van der Waals surface area contributed by atoms with Gasteiger partial charge in [-0.25, -0.2) is 0 Å². The van der Waals surface area contributed by atoms with E-state index in [2.05, 4.69) is 15.5 Å². The average molecular weight is 184 g/mol. The third-order valence-corrected chi connectivity index (χ3v) is 1.62. The van der Waals surface area contributed by atoms with Crippen molar-refractivity contribution in [2.45, 2.75) is 26.2 Å². The first kappa shape index (κ1) is 9.98.